The monoisotopic (exact) mass is 352 g/mol. The van der Waals surface area contributed by atoms with Crippen LogP contribution in [0, 0.1) is 0 Å². The van der Waals surface area contributed by atoms with Crippen molar-refractivity contribution in [3.8, 4) is 11.4 Å². The molecule has 0 radical (unpaired) electrons. The molecule has 3 heterocycles. The second kappa shape index (κ2) is 6.71. The highest BCUT2D eigenvalue weighted by Gasteiger charge is 2.27. The first kappa shape index (κ1) is 16.6. The maximum Gasteiger partial charge on any atom is 0.405 e. The number of carbonyl (C=O) groups excluding carboxylic acids is 1. The summed E-state index contributed by atoms with van der Waals surface area (Å²) in [6.07, 6.45) is 2.00. The lowest BCUT2D eigenvalue weighted by Crippen LogP contribution is -2.37. The number of aromatic amines is 2. The van der Waals surface area contributed by atoms with Gasteiger partial charge >= 0.3 is 6.18 Å². The summed E-state index contributed by atoms with van der Waals surface area (Å²) >= 11 is 0. The van der Waals surface area contributed by atoms with Crippen LogP contribution < -0.4 is 15.6 Å². The van der Waals surface area contributed by atoms with Crippen LogP contribution in [0.4, 0.5) is 19.0 Å². The smallest absolute Gasteiger partial charge is 0.361 e. The van der Waals surface area contributed by atoms with Crippen LogP contribution >= 0.6 is 0 Å². The Bertz CT molecular complexity index is 893. The molecule has 0 fully saturated rings. The SMILES string of the molecule is O=C(CNc1ccnc(-c2c[nH]c3nc[nH+]cc23)n1)NCC(F)(F)F. The fourth-order valence-electron chi connectivity index (χ4n) is 2.10. The first-order valence-electron chi connectivity index (χ1n) is 7.16. The summed E-state index contributed by atoms with van der Waals surface area (Å²) < 4.78 is 36.2. The van der Waals surface area contributed by atoms with Gasteiger partial charge in [0.15, 0.2) is 5.82 Å². The lowest BCUT2D eigenvalue weighted by Gasteiger charge is -2.09. The van der Waals surface area contributed by atoms with Crippen LogP contribution in [0.3, 0.4) is 0 Å². The molecular weight excluding hydrogens is 339 g/mol. The van der Waals surface area contributed by atoms with Crippen LogP contribution in [0.2, 0.25) is 0 Å². The Hall–Kier alpha value is -3.24. The van der Waals surface area contributed by atoms with E-state index < -0.39 is 18.6 Å². The number of amides is 1. The lowest BCUT2D eigenvalue weighted by molar-refractivity contribution is -0.380. The molecule has 130 valence electrons. The Morgan fingerprint density at radius 2 is 2.16 bits per heavy atom. The molecule has 8 nitrogen and oxygen atoms in total. The Morgan fingerprint density at radius 1 is 1.32 bits per heavy atom. The quantitative estimate of drug-likeness (QED) is 0.633. The summed E-state index contributed by atoms with van der Waals surface area (Å²) in [5.41, 5.74) is 1.35. The molecule has 3 aromatic rings. The number of alkyl halides is 3. The van der Waals surface area contributed by atoms with Crippen LogP contribution in [0.15, 0.2) is 31.0 Å². The second-order valence-electron chi connectivity index (χ2n) is 5.04. The van der Waals surface area contributed by atoms with Crippen molar-refractivity contribution in [1.82, 2.24) is 25.3 Å². The minimum atomic E-state index is -4.45. The number of carbonyl (C=O) groups is 1. The highest BCUT2D eigenvalue weighted by Crippen LogP contribution is 2.23. The molecule has 0 spiro atoms. The molecule has 0 aliphatic rings. The molecule has 25 heavy (non-hydrogen) atoms. The van der Waals surface area contributed by atoms with Gasteiger partial charge in [-0.05, 0) is 11.1 Å². The Labute approximate surface area is 138 Å². The molecule has 0 unspecified atom stereocenters. The minimum Gasteiger partial charge on any atom is -0.361 e. The van der Waals surface area contributed by atoms with Gasteiger partial charge in [0, 0.05) is 12.4 Å². The average molecular weight is 352 g/mol. The van der Waals surface area contributed by atoms with Crippen molar-refractivity contribution < 1.29 is 22.9 Å². The zero-order valence-corrected chi connectivity index (χ0v) is 12.7. The topological polar surface area (TPSA) is 110 Å². The number of fused-ring (bicyclic) bond motifs is 1. The van der Waals surface area contributed by atoms with Crippen LogP contribution in [0.1, 0.15) is 0 Å². The van der Waals surface area contributed by atoms with Gasteiger partial charge in [-0.3, -0.25) is 4.79 Å². The van der Waals surface area contributed by atoms with Gasteiger partial charge in [0.25, 0.3) is 12.0 Å². The van der Waals surface area contributed by atoms with Gasteiger partial charge < -0.3 is 15.6 Å². The zero-order valence-electron chi connectivity index (χ0n) is 12.7. The lowest BCUT2D eigenvalue weighted by atomic mass is 10.2. The predicted octanol–water partition coefficient (Wildman–Crippen LogP) is 0.924. The molecule has 0 saturated carbocycles. The van der Waals surface area contributed by atoms with Crippen LogP contribution in [0.25, 0.3) is 22.4 Å². The van der Waals surface area contributed by atoms with Crippen molar-refractivity contribution in [2.75, 3.05) is 18.4 Å². The number of hydrogen-bond donors (Lipinski definition) is 3. The van der Waals surface area contributed by atoms with Crippen LogP contribution in [-0.4, -0.2) is 45.1 Å². The third kappa shape index (κ3) is 4.19. The fourth-order valence-corrected chi connectivity index (χ4v) is 2.10. The molecule has 0 bridgehead atoms. The Balaban J connectivity index is 1.69. The predicted molar refractivity (Wildman–Crippen MR) is 81.2 cm³/mol. The van der Waals surface area contributed by atoms with Gasteiger partial charge in [-0.15, -0.1) is 0 Å². The van der Waals surface area contributed by atoms with Crippen molar-refractivity contribution in [2.45, 2.75) is 6.18 Å². The summed E-state index contributed by atoms with van der Waals surface area (Å²) in [4.78, 5) is 29.8. The van der Waals surface area contributed by atoms with E-state index in [0.29, 0.717) is 22.9 Å². The third-order valence-electron chi connectivity index (χ3n) is 3.21. The standard InChI is InChI=1S/C14H12F3N7O/c15-14(16,17)6-22-11(25)5-20-10-1-2-19-13(24-10)9-4-21-12-8(9)3-18-7-23-12/h1-4,7H,5-6H2,(H,22,25)(H,18,21,23)(H,19,20,24)/p+1. The first-order chi connectivity index (χ1) is 11.9. The van der Waals surface area contributed by atoms with Crippen molar-refractivity contribution in [3.05, 3.63) is 31.0 Å². The Morgan fingerprint density at radius 3 is 2.96 bits per heavy atom. The number of rotatable bonds is 5. The Kier molecular flexibility index (Phi) is 4.46. The summed E-state index contributed by atoms with van der Waals surface area (Å²) in [7, 11) is 0. The third-order valence-corrected chi connectivity index (χ3v) is 3.21. The van der Waals surface area contributed by atoms with Gasteiger partial charge in [0.1, 0.15) is 18.6 Å². The van der Waals surface area contributed by atoms with E-state index in [9.17, 15) is 18.0 Å². The van der Waals surface area contributed by atoms with Gasteiger partial charge in [0.2, 0.25) is 5.91 Å². The van der Waals surface area contributed by atoms with E-state index in [2.05, 4.69) is 30.2 Å². The van der Waals surface area contributed by atoms with E-state index in [-0.39, 0.29) is 6.54 Å². The maximum absolute atomic E-state index is 12.1. The molecule has 3 aromatic heterocycles. The van der Waals surface area contributed by atoms with E-state index in [4.69, 9.17) is 0 Å². The highest BCUT2D eigenvalue weighted by molar-refractivity contribution is 5.90. The summed E-state index contributed by atoms with van der Waals surface area (Å²) in [6.45, 7) is -1.71. The number of anilines is 1. The molecule has 0 aromatic carbocycles. The zero-order chi connectivity index (χ0) is 17.9. The van der Waals surface area contributed by atoms with Crippen molar-refractivity contribution in [1.29, 1.82) is 0 Å². The number of halogens is 3. The molecule has 1 amide bonds. The summed E-state index contributed by atoms with van der Waals surface area (Å²) in [5.74, 6) is -0.0916. The number of H-pyrrole nitrogens is 2. The summed E-state index contributed by atoms with van der Waals surface area (Å²) in [5, 5.41) is 5.22. The molecule has 0 saturated heterocycles. The van der Waals surface area contributed by atoms with Crippen LogP contribution in [0.5, 0.6) is 0 Å². The van der Waals surface area contributed by atoms with Crippen LogP contribution in [-0.2, 0) is 4.79 Å². The first-order valence-corrected chi connectivity index (χ1v) is 7.16. The van der Waals surface area contributed by atoms with E-state index in [1.54, 1.807) is 17.7 Å². The normalized spacial score (nSPS) is 11.5. The van der Waals surface area contributed by atoms with Gasteiger partial charge in [-0.1, -0.05) is 0 Å². The molecule has 0 aliphatic heterocycles. The maximum atomic E-state index is 12.1. The number of nitrogens with one attached hydrogen (secondary N) is 4. The largest absolute Gasteiger partial charge is 0.405 e. The van der Waals surface area contributed by atoms with Crippen molar-refractivity contribution >= 4 is 22.8 Å². The number of hydrogen-bond acceptors (Lipinski definition) is 5. The molecule has 4 N–H and O–H groups in total. The fraction of sp³-hybridized carbons (Fsp3) is 0.214. The van der Waals surface area contributed by atoms with E-state index >= 15 is 0 Å². The van der Waals surface area contributed by atoms with Crippen molar-refractivity contribution in [2.24, 2.45) is 0 Å². The van der Waals surface area contributed by atoms with E-state index in [1.165, 1.54) is 18.6 Å². The minimum absolute atomic E-state index is 0.314. The van der Waals surface area contributed by atoms with Gasteiger partial charge in [-0.2, -0.15) is 13.2 Å². The highest BCUT2D eigenvalue weighted by atomic mass is 19.4. The molecule has 3 rings (SSSR count). The van der Waals surface area contributed by atoms with Gasteiger partial charge in [0.05, 0.1) is 17.5 Å². The molecule has 0 atom stereocenters. The average Bonchev–Trinajstić information content (AvgIpc) is 3.02. The molecule has 11 heteroatoms. The number of aromatic nitrogens is 5. The molecule has 0 aliphatic carbocycles. The second-order valence-corrected chi connectivity index (χ2v) is 5.04. The van der Waals surface area contributed by atoms with Gasteiger partial charge in [-0.25, -0.2) is 15.0 Å². The van der Waals surface area contributed by atoms with E-state index in [0.717, 1.165) is 5.39 Å². The van der Waals surface area contributed by atoms with E-state index in [1.807, 2.05) is 0 Å². The number of nitrogens with zero attached hydrogens (tertiary/aromatic N) is 3. The van der Waals surface area contributed by atoms with Crippen molar-refractivity contribution in [3.63, 3.8) is 0 Å². The molecular formula is C14H13F3N7O+. The summed E-state index contributed by atoms with van der Waals surface area (Å²) in [6, 6.07) is 1.51.